The monoisotopic (exact) mass is 550 g/mol. The fraction of sp³-hybridized carbons (Fsp3) is 0.414. The second-order valence-corrected chi connectivity index (χ2v) is 10.9. The van der Waals surface area contributed by atoms with Crippen molar-refractivity contribution in [2.75, 3.05) is 14.2 Å². The van der Waals surface area contributed by atoms with Crippen molar-refractivity contribution in [2.24, 2.45) is 0 Å². The largest absolute Gasteiger partial charge is 0.497 e. The molecule has 2 aliphatic rings. The molecule has 2 heterocycles. The van der Waals surface area contributed by atoms with E-state index in [0.717, 1.165) is 11.1 Å². The third-order valence-electron chi connectivity index (χ3n) is 6.80. The summed E-state index contributed by atoms with van der Waals surface area (Å²) in [5.74, 6) is -0.877. The van der Waals surface area contributed by atoms with E-state index in [1.165, 1.54) is 16.8 Å². The molecule has 1 saturated heterocycles. The van der Waals surface area contributed by atoms with E-state index in [4.69, 9.17) is 9.47 Å². The molecule has 0 saturated carbocycles. The van der Waals surface area contributed by atoms with Crippen LogP contribution < -0.4 is 15.4 Å². The van der Waals surface area contributed by atoms with Crippen LogP contribution in [0.3, 0.4) is 0 Å². The number of piperidine rings is 1. The fourth-order valence-electron chi connectivity index (χ4n) is 4.80. The van der Waals surface area contributed by atoms with Gasteiger partial charge in [-0.25, -0.2) is 4.79 Å². The van der Waals surface area contributed by atoms with Gasteiger partial charge < -0.3 is 19.7 Å². The highest BCUT2D eigenvalue weighted by atomic mass is 16.6. The van der Waals surface area contributed by atoms with Gasteiger partial charge in [-0.3, -0.25) is 29.4 Å². The maximum Gasteiger partial charge on any atom is 0.410 e. The summed E-state index contributed by atoms with van der Waals surface area (Å²) in [6.45, 7) is 5.63. The summed E-state index contributed by atoms with van der Waals surface area (Å²) in [6, 6.07) is 10.4. The fourth-order valence-corrected chi connectivity index (χ4v) is 4.80. The van der Waals surface area contributed by atoms with Crippen LogP contribution in [0.4, 0.5) is 4.79 Å². The van der Waals surface area contributed by atoms with Crippen LogP contribution in [-0.2, 0) is 32.2 Å². The Bertz CT molecular complexity index is 1330. The summed E-state index contributed by atoms with van der Waals surface area (Å²) in [5, 5.41) is 5.19. The van der Waals surface area contributed by atoms with E-state index in [1.54, 1.807) is 64.3 Å². The molecule has 1 fully saturated rings. The number of ether oxygens (including phenoxy) is 2. The van der Waals surface area contributed by atoms with Gasteiger partial charge in [0, 0.05) is 32.1 Å². The van der Waals surface area contributed by atoms with Crippen LogP contribution in [0.2, 0.25) is 0 Å². The number of carbonyl (C=O) groups excluding carboxylic acids is 5. The van der Waals surface area contributed by atoms with E-state index in [9.17, 15) is 24.0 Å². The Labute approximate surface area is 232 Å². The van der Waals surface area contributed by atoms with E-state index >= 15 is 0 Å². The van der Waals surface area contributed by atoms with E-state index in [0.29, 0.717) is 16.9 Å². The van der Waals surface area contributed by atoms with Gasteiger partial charge in [-0.2, -0.15) is 0 Å². The number of nitrogens with one attached hydrogen (secondary N) is 2. The summed E-state index contributed by atoms with van der Waals surface area (Å²) in [4.78, 5) is 65.8. The zero-order valence-corrected chi connectivity index (χ0v) is 23.3. The third kappa shape index (κ3) is 6.24. The molecule has 2 aliphatic heterocycles. The van der Waals surface area contributed by atoms with Gasteiger partial charge in [0.1, 0.15) is 23.4 Å². The van der Waals surface area contributed by atoms with E-state index in [1.807, 2.05) is 6.07 Å². The average molecular weight is 551 g/mol. The molecular formula is C29H34N4O7. The zero-order chi connectivity index (χ0) is 29.2. The van der Waals surface area contributed by atoms with Gasteiger partial charge in [-0.15, -0.1) is 0 Å². The second-order valence-electron chi connectivity index (χ2n) is 10.9. The van der Waals surface area contributed by atoms with Gasteiger partial charge >= 0.3 is 6.09 Å². The number of methoxy groups -OCH3 is 1. The van der Waals surface area contributed by atoms with E-state index in [-0.39, 0.29) is 37.7 Å². The Balaban J connectivity index is 1.48. The Hall–Kier alpha value is -4.41. The standard InChI is InChI=1S/C29H34N4O7/c1-29(2,3)40-28(38)32(4)24(18-7-9-20(39-5)10-8-18)26(36)30-15-17-6-11-21-19(14-17)16-33(27(21)37)22-12-13-23(34)31-25(22)35/h6-11,14,22,24H,12-13,15-16H2,1-5H3,(H,30,36)(H,31,34,35). The number of hydrogen-bond acceptors (Lipinski definition) is 7. The molecule has 40 heavy (non-hydrogen) atoms. The van der Waals surface area contributed by atoms with Crippen molar-refractivity contribution in [3.05, 3.63) is 64.7 Å². The first-order valence-corrected chi connectivity index (χ1v) is 13.0. The molecular weight excluding hydrogens is 516 g/mol. The molecule has 212 valence electrons. The lowest BCUT2D eigenvalue weighted by molar-refractivity contribution is -0.137. The first-order valence-electron chi connectivity index (χ1n) is 13.0. The summed E-state index contributed by atoms with van der Waals surface area (Å²) >= 11 is 0. The Kier molecular flexibility index (Phi) is 8.13. The lowest BCUT2D eigenvalue weighted by Crippen LogP contribution is -2.52. The number of fused-ring (bicyclic) bond motifs is 1. The molecule has 2 aromatic carbocycles. The predicted octanol–water partition coefficient (Wildman–Crippen LogP) is 2.68. The van der Waals surface area contributed by atoms with Gasteiger partial charge in [0.15, 0.2) is 0 Å². The minimum absolute atomic E-state index is 0.146. The molecule has 2 unspecified atom stereocenters. The van der Waals surface area contributed by atoms with Gasteiger partial charge in [-0.1, -0.05) is 24.3 Å². The van der Waals surface area contributed by atoms with Gasteiger partial charge in [0.25, 0.3) is 5.91 Å². The van der Waals surface area contributed by atoms with Crippen LogP contribution in [0.1, 0.15) is 66.7 Å². The molecule has 0 bridgehead atoms. The minimum Gasteiger partial charge on any atom is -0.497 e. The minimum atomic E-state index is -0.972. The topological polar surface area (TPSA) is 134 Å². The molecule has 11 heteroatoms. The molecule has 0 radical (unpaired) electrons. The van der Waals surface area contributed by atoms with E-state index < -0.39 is 35.6 Å². The maximum absolute atomic E-state index is 13.5. The zero-order valence-electron chi connectivity index (χ0n) is 23.3. The van der Waals surface area contributed by atoms with Gasteiger partial charge in [0.2, 0.25) is 17.7 Å². The van der Waals surface area contributed by atoms with Crippen LogP contribution in [-0.4, -0.2) is 65.3 Å². The Morgan fingerprint density at radius 1 is 1.12 bits per heavy atom. The van der Waals surface area contributed by atoms with Crippen molar-refractivity contribution >= 4 is 29.7 Å². The Morgan fingerprint density at radius 3 is 2.45 bits per heavy atom. The SMILES string of the molecule is COc1ccc(C(C(=O)NCc2ccc3c(c2)CN(C2CCC(=O)NC2=O)C3=O)N(C)C(=O)OC(C)(C)C)cc1. The highest BCUT2D eigenvalue weighted by Crippen LogP contribution is 2.29. The quantitative estimate of drug-likeness (QED) is 0.506. The molecule has 0 spiro atoms. The molecule has 11 nitrogen and oxygen atoms in total. The van der Waals surface area contributed by atoms with Crippen molar-refractivity contribution in [1.82, 2.24) is 20.4 Å². The predicted molar refractivity (Wildman–Crippen MR) is 144 cm³/mol. The van der Waals surface area contributed by atoms with Crippen LogP contribution in [0.25, 0.3) is 0 Å². The van der Waals surface area contributed by atoms with Crippen molar-refractivity contribution < 1.29 is 33.4 Å². The number of nitrogens with zero attached hydrogens (tertiary/aromatic N) is 2. The van der Waals surface area contributed by atoms with Crippen LogP contribution in [0.15, 0.2) is 42.5 Å². The maximum atomic E-state index is 13.5. The normalized spacial score (nSPS) is 17.6. The summed E-state index contributed by atoms with van der Waals surface area (Å²) < 4.78 is 10.7. The molecule has 2 aromatic rings. The third-order valence-corrected chi connectivity index (χ3v) is 6.80. The van der Waals surface area contributed by atoms with Crippen molar-refractivity contribution in [2.45, 2.75) is 64.4 Å². The number of imide groups is 1. The van der Waals surface area contributed by atoms with Crippen molar-refractivity contribution in [3.63, 3.8) is 0 Å². The van der Waals surface area contributed by atoms with Crippen molar-refractivity contribution in [1.29, 1.82) is 0 Å². The molecule has 2 N–H and O–H groups in total. The molecule has 5 amide bonds. The first kappa shape index (κ1) is 28.6. The number of amides is 5. The highest BCUT2D eigenvalue weighted by molar-refractivity contribution is 6.05. The number of benzene rings is 2. The number of likely N-dealkylation sites (N-methyl/N-ethyl adjacent to an activating group) is 1. The van der Waals surface area contributed by atoms with Crippen LogP contribution >= 0.6 is 0 Å². The molecule has 0 aromatic heterocycles. The number of carbonyl (C=O) groups is 5. The van der Waals surface area contributed by atoms with Crippen molar-refractivity contribution in [3.8, 4) is 5.75 Å². The average Bonchev–Trinajstić information content (AvgIpc) is 3.22. The summed E-state index contributed by atoms with van der Waals surface area (Å²) in [6.07, 6.45) is -0.181. The Morgan fingerprint density at radius 2 is 1.82 bits per heavy atom. The summed E-state index contributed by atoms with van der Waals surface area (Å²) in [5.41, 5.74) is 1.81. The van der Waals surface area contributed by atoms with Crippen LogP contribution in [0, 0.1) is 0 Å². The second kappa shape index (κ2) is 11.4. The lowest BCUT2D eigenvalue weighted by Gasteiger charge is -2.30. The molecule has 4 rings (SSSR count). The van der Waals surface area contributed by atoms with Gasteiger partial charge in [-0.05, 0) is 62.1 Å². The lowest BCUT2D eigenvalue weighted by atomic mass is 10.0. The smallest absolute Gasteiger partial charge is 0.410 e. The van der Waals surface area contributed by atoms with E-state index in [2.05, 4.69) is 10.6 Å². The van der Waals surface area contributed by atoms with Gasteiger partial charge in [0.05, 0.1) is 7.11 Å². The summed E-state index contributed by atoms with van der Waals surface area (Å²) in [7, 11) is 3.05. The number of rotatable bonds is 7. The highest BCUT2D eigenvalue weighted by Gasteiger charge is 2.39. The van der Waals surface area contributed by atoms with Crippen LogP contribution in [0.5, 0.6) is 5.75 Å². The number of hydrogen-bond donors (Lipinski definition) is 2. The molecule has 2 atom stereocenters. The first-order chi connectivity index (χ1) is 18.9. The molecule has 0 aliphatic carbocycles.